The van der Waals surface area contributed by atoms with Crippen LogP contribution in [-0.2, 0) is 9.53 Å². The molecule has 0 aliphatic carbocycles. The molecule has 1 N–H and O–H groups in total. The maximum Gasteiger partial charge on any atom is 0.339 e. The van der Waals surface area contributed by atoms with Gasteiger partial charge in [0.15, 0.2) is 0 Å². The van der Waals surface area contributed by atoms with Gasteiger partial charge in [0.2, 0.25) is 5.91 Å². The van der Waals surface area contributed by atoms with Gasteiger partial charge >= 0.3 is 5.97 Å². The molecule has 0 aliphatic rings. The van der Waals surface area contributed by atoms with E-state index in [1.165, 1.54) is 18.9 Å². The largest absolute Gasteiger partial charge is 0.465 e. The minimum absolute atomic E-state index is 0.217. The molecule has 0 bridgehead atoms. The lowest BCUT2D eigenvalue weighted by Gasteiger charge is -2.23. The number of carbonyl (C=O) groups is 3. The summed E-state index contributed by atoms with van der Waals surface area (Å²) in [6, 6.07) is 15.5. The maximum absolute atomic E-state index is 12.1. The second kappa shape index (κ2) is 8.63. The Morgan fingerprint density at radius 2 is 1.64 bits per heavy atom. The number of hydrogen-bond acceptors (Lipinski definition) is 4. The van der Waals surface area contributed by atoms with Gasteiger partial charge in [-0.1, -0.05) is 30.3 Å². The van der Waals surface area contributed by atoms with Crippen molar-refractivity contribution in [2.45, 2.75) is 6.92 Å². The van der Waals surface area contributed by atoms with Crippen LogP contribution >= 0.6 is 0 Å². The van der Waals surface area contributed by atoms with E-state index in [4.69, 9.17) is 4.74 Å². The highest BCUT2D eigenvalue weighted by molar-refractivity contribution is 6.02. The van der Waals surface area contributed by atoms with E-state index >= 15 is 0 Å². The minimum Gasteiger partial charge on any atom is -0.465 e. The van der Waals surface area contributed by atoms with Gasteiger partial charge in [-0.15, -0.1) is 0 Å². The number of esters is 1. The Labute approximate surface area is 146 Å². The van der Waals surface area contributed by atoms with Crippen molar-refractivity contribution in [3.05, 3.63) is 65.7 Å². The molecule has 2 amide bonds. The van der Waals surface area contributed by atoms with E-state index in [2.05, 4.69) is 5.32 Å². The molecule has 0 aliphatic heterocycles. The van der Waals surface area contributed by atoms with Gasteiger partial charge in [0.05, 0.1) is 18.4 Å². The van der Waals surface area contributed by atoms with Gasteiger partial charge in [-0.25, -0.2) is 4.79 Å². The fourth-order valence-electron chi connectivity index (χ4n) is 2.41. The first kappa shape index (κ1) is 18.2. The molecule has 0 fully saturated rings. The lowest BCUT2D eigenvalue weighted by molar-refractivity contribution is -0.116. The summed E-state index contributed by atoms with van der Waals surface area (Å²) >= 11 is 0. The lowest BCUT2D eigenvalue weighted by Crippen LogP contribution is -2.38. The van der Waals surface area contributed by atoms with Crippen LogP contribution in [0.15, 0.2) is 54.6 Å². The summed E-state index contributed by atoms with van der Waals surface area (Å²) in [6.45, 7) is 1.90. The van der Waals surface area contributed by atoms with E-state index in [-0.39, 0.29) is 24.9 Å². The summed E-state index contributed by atoms with van der Waals surface area (Å²) in [5.74, 6) is -0.967. The van der Waals surface area contributed by atoms with Gasteiger partial charge in [-0.05, 0) is 24.3 Å². The molecule has 0 saturated carbocycles. The normalized spacial score (nSPS) is 10.0. The summed E-state index contributed by atoms with van der Waals surface area (Å²) < 4.78 is 4.76. The zero-order chi connectivity index (χ0) is 18.2. The van der Waals surface area contributed by atoms with Crippen LogP contribution < -0.4 is 10.2 Å². The molecule has 0 saturated heterocycles. The number of carbonyl (C=O) groups excluding carboxylic acids is 3. The fourth-order valence-corrected chi connectivity index (χ4v) is 2.41. The summed E-state index contributed by atoms with van der Waals surface area (Å²) in [6.07, 6.45) is 0. The van der Waals surface area contributed by atoms with Gasteiger partial charge in [0, 0.05) is 25.6 Å². The van der Waals surface area contributed by atoms with Gasteiger partial charge in [0.25, 0.3) is 5.91 Å². The van der Waals surface area contributed by atoms with Crippen molar-refractivity contribution in [1.82, 2.24) is 5.32 Å². The van der Waals surface area contributed by atoms with Crippen LogP contribution in [0.4, 0.5) is 5.69 Å². The highest BCUT2D eigenvalue weighted by Crippen LogP contribution is 2.21. The number of nitrogens with one attached hydrogen (secondary N) is 1. The number of benzene rings is 2. The minimum atomic E-state index is -0.518. The number of rotatable bonds is 6. The highest BCUT2D eigenvalue weighted by Gasteiger charge is 2.19. The molecular weight excluding hydrogens is 320 g/mol. The standard InChI is InChI=1S/C19H20N2O4/c1-14(22)21(17-11-7-6-10-16(17)19(24)25-2)13-12-20-18(23)15-8-4-3-5-9-15/h3-11H,12-13H2,1-2H3,(H,20,23). The van der Waals surface area contributed by atoms with E-state index < -0.39 is 5.97 Å². The smallest absolute Gasteiger partial charge is 0.339 e. The van der Waals surface area contributed by atoms with Crippen LogP contribution in [0, 0.1) is 0 Å². The van der Waals surface area contributed by atoms with E-state index in [9.17, 15) is 14.4 Å². The Morgan fingerprint density at radius 1 is 1.00 bits per heavy atom. The summed E-state index contributed by atoms with van der Waals surface area (Å²) in [7, 11) is 1.29. The highest BCUT2D eigenvalue weighted by atomic mass is 16.5. The number of ether oxygens (including phenoxy) is 1. The summed E-state index contributed by atoms with van der Waals surface area (Å²) in [5, 5.41) is 2.77. The first-order chi connectivity index (χ1) is 12.0. The number of nitrogens with zero attached hydrogens (tertiary/aromatic N) is 1. The van der Waals surface area contributed by atoms with E-state index in [1.807, 2.05) is 6.07 Å². The van der Waals surface area contributed by atoms with Crippen LogP contribution in [0.25, 0.3) is 0 Å². The van der Waals surface area contributed by atoms with Gasteiger partial charge in [-0.3, -0.25) is 9.59 Å². The van der Waals surface area contributed by atoms with Crippen molar-refractivity contribution in [3.8, 4) is 0 Å². The van der Waals surface area contributed by atoms with Crippen LogP contribution in [0.3, 0.4) is 0 Å². The second-order valence-corrected chi connectivity index (χ2v) is 5.30. The Kier molecular flexibility index (Phi) is 6.28. The molecule has 6 nitrogen and oxygen atoms in total. The summed E-state index contributed by atoms with van der Waals surface area (Å²) in [5.41, 5.74) is 1.30. The third-order valence-electron chi connectivity index (χ3n) is 3.64. The molecule has 0 radical (unpaired) electrons. The van der Waals surface area contributed by atoms with Crippen LogP contribution in [0.5, 0.6) is 0 Å². The van der Waals surface area contributed by atoms with Crippen LogP contribution in [-0.4, -0.2) is 38.0 Å². The maximum atomic E-state index is 12.1. The summed E-state index contributed by atoms with van der Waals surface area (Å²) in [4.78, 5) is 37.4. The van der Waals surface area contributed by atoms with Gasteiger partial charge in [-0.2, -0.15) is 0 Å². The molecule has 0 spiro atoms. The van der Waals surface area contributed by atoms with Crippen LogP contribution in [0.2, 0.25) is 0 Å². The van der Waals surface area contributed by atoms with Gasteiger partial charge < -0.3 is 15.0 Å². The SMILES string of the molecule is COC(=O)c1ccccc1N(CCNC(=O)c1ccccc1)C(C)=O. The van der Waals surface area contributed by atoms with E-state index in [0.717, 1.165) is 0 Å². The molecule has 2 rings (SSSR count). The lowest BCUT2D eigenvalue weighted by atomic mass is 10.1. The molecular formula is C19H20N2O4. The van der Waals surface area contributed by atoms with Crippen LogP contribution in [0.1, 0.15) is 27.6 Å². The topological polar surface area (TPSA) is 75.7 Å². The fraction of sp³-hybridized carbons (Fsp3) is 0.211. The molecule has 6 heteroatoms. The number of anilines is 1. The van der Waals surface area contributed by atoms with Crippen molar-refractivity contribution >= 4 is 23.5 Å². The molecule has 0 unspecified atom stereocenters. The van der Waals surface area contributed by atoms with Crippen molar-refractivity contribution in [1.29, 1.82) is 0 Å². The molecule has 0 atom stereocenters. The molecule has 25 heavy (non-hydrogen) atoms. The Morgan fingerprint density at radius 3 is 2.28 bits per heavy atom. The monoisotopic (exact) mass is 340 g/mol. The third-order valence-corrected chi connectivity index (χ3v) is 3.64. The number of amides is 2. The molecule has 0 aromatic heterocycles. The average Bonchev–Trinajstić information content (AvgIpc) is 2.65. The van der Waals surface area contributed by atoms with Crippen molar-refractivity contribution in [3.63, 3.8) is 0 Å². The average molecular weight is 340 g/mol. The zero-order valence-corrected chi connectivity index (χ0v) is 14.2. The molecule has 2 aromatic rings. The van der Waals surface area contributed by atoms with Crippen molar-refractivity contribution in [2.24, 2.45) is 0 Å². The number of methoxy groups -OCH3 is 1. The molecule has 2 aromatic carbocycles. The first-order valence-electron chi connectivity index (χ1n) is 7.83. The van der Waals surface area contributed by atoms with Crippen molar-refractivity contribution < 1.29 is 19.1 Å². The predicted molar refractivity (Wildman–Crippen MR) is 94.6 cm³/mol. The Balaban J connectivity index is 2.09. The zero-order valence-electron chi connectivity index (χ0n) is 14.2. The third kappa shape index (κ3) is 4.67. The number of hydrogen-bond donors (Lipinski definition) is 1. The second-order valence-electron chi connectivity index (χ2n) is 5.30. The quantitative estimate of drug-likeness (QED) is 0.819. The molecule has 130 valence electrons. The van der Waals surface area contributed by atoms with E-state index in [1.54, 1.807) is 48.5 Å². The van der Waals surface area contributed by atoms with Gasteiger partial charge in [0.1, 0.15) is 0 Å². The van der Waals surface area contributed by atoms with Crippen molar-refractivity contribution in [2.75, 3.05) is 25.1 Å². The molecule has 0 heterocycles. The van der Waals surface area contributed by atoms with E-state index in [0.29, 0.717) is 16.8 Å². The first-order valence-corrected chi connectivity index (χ1v) is 7.83. The predicted octanol–water partition coefficient (Wildman–Crippen LogP) is 2.26. The number of para-hydroxylation sites is 1. The Hall–Kier alpha value is -3.15. The Bertz CT molecular complexity index is 759.